The molecular formula is C13H26N2O2S. The van der Waals surface area contributed by atoms with Gasteiger partial charge in [0, 0.05) is 19.1 Å². The van der Waals surface area contributed by atoms with Crippen LogP contribution in [0, 0.1) is 0 Å². The molecule has 0 aromatic carbocycles. The standard InChI is InChI=1S/C13H26N2O2S/c1-12(2)14-10-11-18(16,17)15-9-8-13-6-4-3-5-7-13/h6,12,14-15H,3-5,7-11H2,1-2H3. The molecule has 0 aromatic rings. The molecule has 5 heteroatoms. The molecule has 0 heterocycles. The molecule has 0 amide bonds. The van der Waals surface area contributed by atoms with E-state index in [0.29, 0.717) is 19.1 Å². The van der Waals surface area contributed by atoms with Gasteiger partial charge in [-0.25, -0.2) is 13.1 Å². The van der Waals surface area contributed by atoms with Gasteiger partial charge < -0.3 is 5.32 Å². The maximum absolute atomic E-state index is 11.7. The first kappa shape index (κ1) is 15.7. The fourth-order valence-electron chi connectivity index (χ4n) is 2.05. The summed E-state index contributed by atoms with van der Waals surface area (Å²) in [6, 6.07) is 0.326. The number of hydrogen-bond acceptors (Lipinski definition) is 3. The zero-order chi connectivity index (χ0) is 13.4. The highest BCUT2D eigenvalue weighted by molar-refractivity contribution is 7.89. The van der Waals surface area contributed by atoms with Gasteiger partial charge in [0.25, 0.3) is 0 Å². The Kier molecular flexibility index (Phi) is 6.89. The van der Waals surface area contributed by atoms with Gasteiger partial charge in [0.2, 0.25) is 10.0 Å². The molecule has 0 saturated carbocycles. The fraction of sp³-hybridized carbons (Fsp3) is 0.846. The molecule has 0 bridgehead atoms. The minimum Gasteiger partial charge on any atom is -0.313 e. The number of rotatable bonds is 8. The van der Waals surface area contributed by atoms with Gasteiger partial charge >= 0.3 is 0 Å². The van der Waals surface area contributed by atoms with Crippen LogP contribution in [0.1, 0.15) is 46.0 Å². The number of allylic oxidation sites excluding steroid dienone is 1. The van der Waals surface area contributed by atoms with Gasteiger partial charge in [0.05, 0.1) is 5.75 Å². The molecule has 1 aliphatic carbocycles. The Balaban J connectivity index is 2.18. The van der Waals surface area contributed by atoms with Crippen LogP contribution in [0.2, 0.25) is 0 Å². The molecule has 1 aliphatic rings. The molecule has 2 N–H and O–H groups in total. The Morgan fingerprint density at radius 1 is 1.28 bits per heavy atom. The predicted octanol–water partition coefficient (Wildman–Crippen LogP) is 1.79. The van der Waals surface area contributed by atoms with Crippen LogP contribution in [-0.4, -0.2) is 33.3 Å². The molecule has 18 heavy (non-hydrogen) atoms. The van der Waals surface area contributed by atoms with Gasteiger partial charge in [-0.05, 0) is 32.1 Å². The summed E-state index contributed by atoms with van der Waals surface area (Å²) in [6.45, 7) is 5.07. The molecule has 106 valence electrons. The Labute approximate surface area is 111 Å². The summed E-state index contributed by atoms with van der Waals surface area (Å²) in [5.41, 5.74) is 1.41. The second-order valence-corrected chi connectivity index (χ2v) is 7.11. The number of sulfonamides is 1. The van der Waals surface area contributed by atoms with E-state index >= 15 is 0 Å². The first-order valence-corrected chi connectivity index (χ1v) is 8.53. The average molecular weight is 274 g/mol. The second-order valence-electron chi connectivity index (χ2n) is 5.18. The highest BCUT2D eigenvalue weighted by Crippen LogP contribution is 2.19. The summed E-state index contributed by atoms with van der Waals surface area (Å²) in [5.74, 6) is 0.157. The summed E-state index contributed by atoms with van der Waals surface area (Å²) in [4.78, 5) is 0. The van der Waals surface area contributed by atoms with Crippen molar-refractivity contribution in [2.45, 2.75) is 52.0 Å². The van der Waals surface area contributed by atoms with E-state index in [-0.39, 0.29) is 5.75 Å². The molecule has 0 aromatic heterocycles. The van der Waals surface area contributed by atoms with Gasteiger partial charge in [-0.3, -0.25) is 0 Å². The van der Waals surface area contributed by atoms with E-state index < -0.39 is 10.0 Å². The summed E-state index contributed by atoms with van der Waals surface area (Å²) in [6.07, 6.45) is 7.93. The van der Waals surface area contributed by atoms with Gasteiger partial charge in [-0.15, -0.1) is 0 Å². The first-order chi connectivity index (χ1) is 8.49. The summed E-state index contributed by atoms with van der Waals surface area (Å²) in [5, 5.41) is 3.11. The molecule has 4 nitrogen and oxygen atoms in total. The molecule has 0 saturated heterocycles. The molecule has 1 rings (SSSR count). The van der Waals surface area contributed by atoms with Crippen LogP contribution in [0.25, 0.3) is 0 Å². The Hall–Kier alpha value is -0.390. The van der Waals surface area contributed by atoms with Gasteiger partial charge in [0.15, 0.2) is 0 Å². The summed E-state index contributed by atoms with van der Waals surface area (Å²) >= 11 is 0. The van der Waals surface area contributed by atoms with Crippen LogP contribution in [0.15, 0.2) is 11.6 Å². The van der Waals surface area contributed by atoms with Crippen molar-refractivity contribution in [3.8, 4) is 0 Å². The lowest BCUT2D eigenvalue weighted by atomic mass is 9.97. The molecule has 0 radical (unpaired) electrons. The molecule has 0 spiro atoms. The minimum atomic E-state index is -3.12. The minimum absolute atomic E-state index is 0.157. The largest absolute Gasteiger partial charge is 0.313 e. The molecule has 0 aliphatic heterocycles. The highest BCUT2D eigenvalue weighted by atomic mass is 32.2. The third kappa shape index (κ3) is 7.13. The third-order valence-electron chi connectivity index (χ3n) is 3.08. The van der Waals surface area contributed by atoms with E-state index in [1.165, 1.54) is 18.4 Å². The van der Waals surface area contributed by atoms with Crippen molar-refractivity contribution >= 4 is 10.0 Å². The van der Waals surface area contributed by atoms with Crippen LogP contribution >= 0.6 is 0 Å². The van der Waals surface area contributed by atoms with E-state index in [1.54, 1.807) is 0 Å². The van der Waals surface area contributed by atoms with Crippen LogP contribution in [0.3, 0.4) is 0 Å². The normalized spacial score (nSPS) is 16.9. The molecule has 0 fully saturated rings. The lowest BCUT2D eigenvalue weighted by Crippen LogP contribution is -2.34. The predicted molar refractivity (Wildman–Crippen MR) is 76.1 cm³/mol. The lowest BCUT2D eigenvalue weighted by Gasteiger charge is -2.13. The van der Waals surface area contributed by atoms with Crippen LogP contribution < -0.4 is 10.0 Å². The van der Waals surface area contributed by atoms with Crippen molar-refractivity contribution in [1.82, 2.24) is 10.0 Å². The monoisotopic (exact) mass is 274 g/mol. The number of nitrogens with one attached hydrogen (secondary N) is 2. The smallest absolute Gasteiger partial charge is 0.212 e. The second kappa shape index (κ2) is 7.92. The van der Waals surface area contributed by atoms with Crippen LogP contribution in [0.4, 0.5) is 0 Å². The molecule has 0 unspecified atom stereocenters. The van der Waals surface area contributed by atoms with Crippen molar-refractivity contribution in [1.29, 1.82) is 0 Å². The van der Waals surface area contributed by atoms with Gasteiger partial charge in [-0.2, -0.15) is 0 Å². The lowest BCUT2D eigenvalue weighted by molar-refractivity contribution is 0.565. The van der Waals surface area contributed by atoms with Crippen molar-refractivity contribution in [3.63, 3.8) is 0 Å². The molecular weight excluding hydrogens is 248 g/mol. The quantitative estimate of drug-likeness (QED) is 0.664. The molecule has 0 atom stereocenters. The summed E-state index contributed by atoms with van der Waals surface area (Å²) in [7, 11) is -3.12. The topological polar surface area (TPSA) is 58.2 Å². The summed E-state index contributed by atoms with van der Waals surface area (Å²) < 4.78 is 26.0. The average Bonchev–Trinajstić information content (AvgIpc) is 2.29. The zero-order valence-corrected chi connectivity index (χ0v) is 12.4. The Bertz CT molecular complexity index is 361. The highest BCUT2D eigenvalue weighted by Gasteiger charge is 2.10. The maximum atomic E-state index is 11.7. The van der Waals surface area contributed by atoms with Gasteiger partial charge in [-0.1, -0.05) is 25.5 Å². The van der Waals surface area contributed by atoms with E-state index in [4.69, 9.17) is 0 Å². The van der Waals surface area contributed by atoms with E-state index in [1.807, 2.05) is 13.8 Å². The van der Waals surface area contributed by atoms with Crippen molar-refractivity contribution in [3.05, 3.63) is 11.6 Å². The van der Waals surface area contributed by atoms with E-state index in [0.717, 1.165) is 19.3 Å². The third-order valence-corrected chi connectivity index (χ3v) is 4.46. The first-order valence-electron chi connectivity index (χ1n) is 6.88. The number of hydrogen-bond donors (Lipinski definition) is 2. The SMILES string of the molecule is CC(C)NCCS(=O)(=O)NCCC1=CCCCC1. The van der Waals surface area contributed by atoms with E-state index in [9.17, 15) is 8.42 Å². The van der Waals surface area contributed by atoms with Crippen LogP contribution in [-0.2, 0) is 10.0 Å². The van der Waals surface area contributed by atoms with Crippen molar-refractivity contribution in [2.24, 2.45) is 0 Å². The Morgan fingerprint density at radius 2 is 2.06 bits per heavy atom. The van der Waals surface area contributed by atoms with Crippen molar-refractivity contribution in [2.75, 3.05) is 18.8 Å². The van der Waals surface area contributed by atoms with Crippen molar-refractivity contribution < 1.29 is 8.42 Å². The van der Waals surface area contributed by atoms with Gasteiger partial charge in [0.1, 0.15) is 0 Å². The Morgan fingerprint density at radius 3 is 2.67 bits per heavy atom. The maximum Gasteiger partial charge on any atom is 0.212 e. The zero-order valence-electron chi connectivity index (χ0n) is 11.5. The van der Waals surface area contributed by atoms with E-state index in [2.05, 4.69) is 16.1 Å². The fourth-order valence-corrected chi connectivity index (χ4v) is 3.00. The van der Waals surface area contributed by atoms with Crippen LogP contribution in [0.5, 0.6) is 0 Å².